The third-order valence-electron chi connectivity index (χ3n) is 5.09. The molecule has 1 saturated heterocycles. The Bertz CT molecular complexity index is 1190. The van der Waals surface area contributed by atoms with Crippen molar-refractivity contribution in [3.8, 4) is 0 Å². The molecule has 2 aromatic carbocycles. The Kier molecular flexibility index (Phi) is 5.81. The molecule has 0 aromatic heterocycles. The van der Waals surface area contributed by atoms with E-state index in [0.29, 0.717) is 16.8 Å². The normalized spacial score (nSPS) is 18.8. The fraction of sp³-hybridized carbons (Fsp3) is 0.136. The summed E-state index contributed by atoms with van der Waals surface area (Å²) < 4.78 is -0.0220. The zero-order valence-electron chi connectivity index (χ0n) is 16.3. The summed E-state index contributed by atoms with van der Waals surface area (Å²) in [5, 5.41) is 23.1. The second-order valence-corrected chi connectivity index (χ2v) is 8.70. The number of hydrogen-bond acceptors (Lipinski definition) is 8. The van der Waals surface area contributed by atoms with Gasteiger partial charge in [-0.15, -0.1) is 0 Å². The van der Waals surface area contributed by atoms with Crippen molar-refractivity contribution in [3.63, 3.8) is 0 Å². The molecule has 0 saturated carbocycles. The van der Waals surface area contributed by atoms with Crippen LogP contribution in [-0.4, -0.2) is 45.6 Å². The van der Waals surface area contributed by atoms with Gasteiger partial charge in [0.2, 0.25) is 0 Å². The standard InChI is InChI=1S/C22H16N2O6S2/c25-16(26)11-23-14-9-5-4-8-13(14)17(19(23)27)18-20(28)24(22(31)32-18)15(21(29)30)10-12-6-2-1-3-7-12/h1-9,15H,10-11H2,(H,25,26)(H,29,30)/p-2/b18-17-/t15-/m0/s1. The molecule has 2 amide bonds. The molecule has 2 aliphatic rings. The average molecular weight is 466 g/mol. The van der Waals surface area contributed by atoms with E-state index in [0.717, 1.165) is 21.6 Å². The van der Waals surface area contributed by atoms with E-state index in [9.17, 15) is 29.4 Å². The van der Waals surface area contributed by atoms with Crippen LogP contribution in [0.25, 0.3) is 5.57 Å². The van der Waals surface area contributed by atoms with Crippen molar-refractivity contribution in [2.75, 3.05) is 11.4 Å². The van der Waals surface area contributed by atoms with Crippen molar-refractivity contribution >= 4 is 63.3 Å². The number of aliphatic carboxylic acids is 2. The summed E-state index contributed by atoms with van der Waals surface area (Å²) >= 11 is 6.10. The van der Waals surface area contributed by atoms with Gasteiger partial charge >= 0.3 is 0 Å². The number of thioether (sulfide) groups is 1. The van der Waals surface area contributed by atoms with Crippen LogP contribution in [0.3, 0.4) is 0 Å². The van der Waals surface area contributed by atoms with Crippen LogP contribution in [0.4, 0.5) is 5.69 Å². The molecule has 0 bridgehead atoms. The molecular formula is C22H14N2O6S2-2. The zero-order valence-corrected chi connectivity index (χ0v) is 18.0. The molecule has 1 atom stereocenters. The molecule has 0 N–H and O–H groups in total. The van der Waals surface area contributed by atoms with E-state index in [1.54, 1.807) is 54.6 Å². The van der Waals surface area contributed by atoms with Gasteiger partial charge in [-0.1, -0.05) is 72.5 Å². The fourth-order valence-corrected chi connectivity index (χ4v) is 5.13. The zero-order chi connectivity index (χ0) is 23.0. The maximum Gasteiger partial charge on any atom is 0.267 e. The Balaban J connectivity index is 1.75. The number of nitrogens with zero attached hydrogens (tertiary/aromatic N) is 2. The Hall–Kier alpha value is -3.50. The van der Waals surface area contributed by atoms with Crippen molar-refractivity contribution in [3.05, 3.63) is 70.6 Å². The van der Waals surface area contributed by atoms with Crippen LogP contribution in [0.5, 0.6) is 0 Å². The smallest absolute Gasteiger partial charge is 0.267 e. The number of carbonyl (C=O) groups is 4. The summed E-state index contributed by atoms with van der Waals surface area (Å²) in [7, 11) is 0. The van der Waals surface area contributed by atoms with Gasteiger partial charge in [-0.2, -0.15) is 0 Å². The highest BCUT2D eigenvalue weighted by molar-refractivity contribution is 8.26. The molecule has 4 rings (SSSR count). The first-order chi connectivity index (χ1) is 15.3. The van der Waals surface area contributed by atoms with Crippen molar-refractivity contribution < 1.29 is 29.4 Å². The largest absolute Gasteiger partial charge is 0.548 e. The Morgan fingerprint density at radius 2 is 1.62 bits per heavy atom. The van der Waals surface area contributed by atoms with Crippen LogP contribution in [0.2, 0.25) is 0 Å². The summed E-state index contributed by atoms with van der Waals surface area (Å²) in [6, 6.07) is 13.8. The van der Waals surface area contributed by atoms with Crippen LogP contribution in [0.1, 0.15) is 11.1 Å². The topological polar surface area (TPSA) is 121 Å². The van der Waals surface area contributed by atoms with E-state index in [1.165, 1.54) is 0 Å². The quantitative estimate of drug-likeness (QED) is 0.421. The van der Waals surface area contributed by atoms with Gasteiger partial charge in [0, 0.05) is 5.56 Å². The van der Waals surface area contributed by atoms with Gasteiger partial charge in [0.15, 0.2) is 0 Å². The van der Waals surface area contributed by atoms with E-state index < -0.39 is 36.3 Å². The van der Waals surface area contributed by atoms with Crippen LogP contribution < -0.4 is 15.1 Å². The summed E-state index contributed by atoms with van der Waals surface area (Å²) in [5.74, 6) is -4.36. The van der Waals surface area contributed by atoms with E-state index in [4.69, 9.17) is 12.2 Å². The summed E-state index contributed by atoms with van der Waals surface area (Å²) in [5.41, 5.74) is 1.35. The molecule has 0 spiro atoms. The van der Waals surface area contributed by atoms with Crippen LogP contribution >= 0.6 is 24.0 Å². The molecule has 2 aromatic rings. The lowest BCUT2D eigenvalue weighted by Gasteiger charge is -2.27. The molecule has 162 valence electrons. The molecule has 1 fully saturated rings. The average Bonchev–Trinajstić information content (AvgIpc) is 3.19. The molecule has 0 unspecified atom stereocenters. The molecule has 2 heterocycles. The van der Waals surface area contributed by atoms with E-state index >= 15 is 0 Å². The third-order valence-corrected chi connectivity index (χ3v) is 6.49. The fourth-order valence-electron chi connectivity index (χ4n) is 3.70. The number of para-hydroxylation sites is 1. The van der Waals surface area contributed by atoms with E-state index in [2.05, 4.69) is 0 Å². The Morgan fingerprint density at radius 3 is 2.28 bits per heavy atom. The highest BCUT2D eigenvalue weighted by atomic mass is 32.2. The lowest BCUT2D eigenvalue weighted by atomic mass is 10.0. The van der Waals surface area contributed by atoms with Gasteiger partial charge in [-0.3, -0.25) is 14.5 Å². The Morgan fingerprint density at radius 1 is 0.969 bits per heavy atom. The number of carboxylic acid groups (broad SMARTS) is 2. The molecule has 32 heavy (non-hydrogen) atoms. The van der Waals surface area contributed by atoms with Crippen molar-refractivity contribution in [2.45, 2.75) is 12.5 Å². The monoisotopic (exact) mass is 466 g/mol. The highest BCUT2D eigenvalue weighted by Gasteiger charge is 2.44. The number of benzene rings is 2. The number of anilines is 1. The second-order valence-electron chi connectivity index (χ2n) is 7.05. The molecule has 2 aliphatic heterocycles. The van der Waals surface area contributed by atoms with Crippen molar-refractivity contribution in [1.29, 1.82) is 0 Å². The minimum Gasteiger partial charge on any atom is -0.548 e. The first-order valence-corrected chi connectivity index (χ1v) is 10.7. The number of thiocarbonyl (C=S) groups is 1. The first-order valence-electron chi connectivity index (χ1n) is 9.45. The number of hydrogen-bond donors (Lipinski definition) is 0. The number of rotatable bonds is 6. The molecular weight excluding hydrogens is 452 g/mol. The molecule has 10 heteroatoms. The van der Waals surface area contributed by atoms with Crippen LogP contribution in [0.15, 0.2) is 59.5 Å². The van der Waals surface area contributed by atoms with Crippen molar-refractivity contribution in [1.82, 2.24) is 4.90 Å². The predicted octanol–water partition coefficient (Wildman–Crippen LogP) is -0.284. The van der Waals surface area contributed by atoms with Crippen molar-refractivity contribution in [2.24, 2.45) is 0 Å². The third kappa shape index (κ3) is 3.78. The second kappa shape index (κ2) is 8.56. The van der Waals surface area contributed by atoms with Gasteiger partial charge < -0.3 is 24.7 Å². The number of amides is 2. The minimum absolute atomic E-state index is 0.0153. The number of carbonyl (C=O) groups excluding carboxylic acids is 4. The van der Waals surface area contributed by atoms with E-state index in [-0.39, 0.29) is 21.2 Å². The highest BCUT2D eigenvalue weighted by Crippen LogP contribution is 2.45. The van der Waals surface area contributed by atoms with Gasteiger partial charge in [-0.25, -0.2) is 0 Å². The maximum absolute atomic E-state index is 13.3. The summed E-state index contributed by atoms with van der Waals surface area (Å²) in [6.45, 7) is -0.685. The van der Waals surface area contributed by atoms with Gasteiger partial charge in [-0.05, 0) is 18.1 Å². The van der Waals surface area contributed by atoms with Crippen LogP contribution in [0, 0.1) is 0 Å². The summed E-state index contributed by atoms with van der Waals surface area (Å²) in [6.07, 6.45) is -0.0282. The molecule has 8 nitrogen and oxygen atoms in total. The molecule has 0 radical (unpaired) electrons. The molecule has 0 aliphatic carbocycles. The van der Waals surface area contributed by atoms with Crippen LogP contribution in [-0.2, 0) is 25.6 Å². The van der Waals surface area contributed by atoms with Gasteiger partial charge in [0.1, 0.15) is 4.32 Å². The SMILES string of the molecule is O=C([O-])CN1C(=O)/C(=C2\SC(=S)N([C@@H](Cc3ccccc3)C(=O)[O-])C2=O)c2ccccc21. The van der Waals surface area contributed by atoms with Gasteiger partial charge in [0.25, 0.3) is 11.8 Å². The first kappa shape index (κ1) is 21.7. The lowest BCUT2D eigenvalue weighted by Crippen LogP contribution is -2.51. The predicted molar refractivity (Wildman–Crippen MR) is 117 cm³/mol. The maximum atomic E-state index is 13.3. The summed E-state index contributed by atoms with van der Waals surface area (Å²) in [4.78, 5) is 51.3. The minimum atomic E-state index is -1.48. The number of fused-ring (bicyclic) bond motifs is 1. The lowest BCUT2D eigenvalue weighted by molar-refractivity contribution is -0.310. The van der Waals surface area contributed by atoms with Gasteiger partial charge in [0.05, 0.1) is 40.7 Å². The van der Waals surface area contributed by atoms with E-state index in [1.807, 2.05) is 0 Å². The Labute approximate surface area is 192 Å². The number of carboxylic acids is 2.